The van der Waals surface area contributed by atoms with Gasteiger partial charge in [0.15, 0.2) is 11.5 Å². The number of carbonyl (C=O) groups is 1. The number of hydrogen-bond donors (Lipinski definition) is 0. The van der Waals surface area contributed by atoms with Crippen molar-refractivity contribution in [2.75, 3.05) is 18.1 Å². The molecule has 0 aliphatic carbocycles. The Labute approximate surface area is 132 Å². The van der Waals surface area contributed by atoms with Crippen molar-refractivity contribution in [3.8, 4) is 11.5 Å². The van der Waals surface area contributed by atoms with E-state index in [1.807, 2.05) is 30.3 Å². The highest BCUT2D eigenvalue weighted by atomic mass is 16.6. The number of ether oxygens (including phenoxy) is 2. The minimum Gasteiger partial charge on any atom is -0.486 e. The van der Waals surface area contributed by atoms with Gasteiger partial charge in [0.25, 0.3) is 5.91 Å². The molecule has 0 saturated carbocycles. The second kappa shape index (κ2) is 4.52. The summed E-state index contributed by atoms with van der Waals surface area (Å²) in [5, 5.41) is 1.02. The van der Waals surface area contributed by atoms with Gasteiger partial charge in [-0.25, -0.2) is 0 Å². The lowest BCUT2D eigenvalue weighted by Crippen LogP contribution is -2.22. The van der Waals surface area contributed by atoms with Gasteiger partial charge in [0.2, 0.25) is 0 Å². The number of nitrogens with zero attached hydrogens (tertiary/aromatic N) is 1. The highest BCUT2D eigenvalue weighted by molar-refractivity contribution is 6.11. The molecule has 0 bridgehead atoms. The molecular weight excluding hydrogens is 294 g/mol. The second-order valence-electron chi connectivity index (χ2n) is 5.69. The van der Waals surface area contributed by atoms with Gasteiger partial charge in [0.1, 0.15) is 18.8 Å². The standard InChI is InChI=1S/C18H13NO4/c20-18-14-9-17-16(22-5-6-23-17)7-12(14)10-19(18)13-2-1-11-3-4-21-15(11)8-13/h1-4,7-9H,5-6,10H2. The van der Waals surface area contributed by atoms with Crippen LogP contribution in [0, 0.1) is 0 Å². The summed E-state index contributed by atoms with van der Waals surface area (Å²) in [6, 6.07) is 11.4. The summed E-state index contributed by atoms with van der Waals surface area (Å²) >= 11 is 0. The lowest BCUT2D eigenvalue weighted by Gasteiger charge is -2.18. The fraction of sp³-hybridized carbons (Fsp3) is 0.167. The van der Waals surface area contributed by atoms with Gasteiger partial charge in [-0.2, -0.15) is 0 Å². The first kappa shape index (κ1) is 12.6. The lowest BCUT2D eigenvalue weighted by atomic mass is 10.1. The van der Waals surface area contributed by atoms with Gasteiger partial charge < -0.3 is 18.8 Å². The first-order valence-electron chi connectivity index (χ1n) is 7.51. The fourth-order valence-electron chi connectivity index (χ4n) is 3.17. The number of anilines is 1. The van der Waals surface area contributed by atoms with E-state index in [4.69, 9.17) is 13.9 Å². The van der Waals surface area contributed by atoms with Crippen LogP contribution < -0.4 is 14.4 Å². The maximum atomic E-state index is 12.8. The van der Waals surface area contributed by atoms with Gasteiger partial charge >= 0.3 is 0 Å². The Hall–Kier alpha value is -2.95. The zero-order valence-corrected chi connectivity index (χ0v) is 12.2. The van der Waals surface area contributed by atoms with Crippen LogP contribution in [0.1, 0.15) is 15.9 Å². The molecule has 2 aliphatic heterocycles. The van der Waals surface area contributed by atoms with E-state index in [2.05, 4.69) is 0 Å². The van der Waals surface area contributed by atoms with E-state index in [1.54, 1.807) is 17.2 Å². The largest absolute Gasteiger partial charge is 0.486 e. The number of benzene rings is 2. The number of carbonyl (C=O) groups excluding carboxylic acids is 1. The maximum Gasteiger partial charge on any atom is 0.259 e. The minimum atomic E-state index is -0.0251. The maximum absolute atomic E-state index is 12.8. The first-order chi connectivity index (χ1) is 11.3. The molecule has 5 heteroatoms. The summed E-state index contributed by atoms with van der Waals surface area (Å²) in [6.07, 6.45) is 1.65. The third-order valence-corrected chi connectivity index (χ3v) is 4.32. The molecule has 23 heavy (non-hydrogen) atoms. The molecule has 0 atom stereocenters. The summed E-state index contributed by atoms with van der Waals surface area (Å²) in [5.74, 6) is 1.33. The molecule has 3 aromatic rings. The molecular formula is C18H13NO4. The molecule has 0 fully saturated rings. The zero-order chi connectivity index (χ0) is 15.4. The van der Waals surface area contributed by atoms with Crippen LogP contribution in [0.4, 0.5) is 5.69 Å². The van der Waals surface area contributed by atoms with Crippen molar-refractivity contribution in [3.05, 3.63) is 53.8 Å². The van der Waals surface area contributed by atoms with E-state index >= 15 is 0 Å². The third-order valence-electron chi connectivity index (χ3n) is 4.32. The predicted octanol–water partition coefficient (Wildman–Crippen LogP) is 3.36. The van der Waals surface area contributed by atoms with E-state index in [9.17, 15) is 4.79 Å². The van der Waals surface area contributed by atoms with Crippen LogP contribution in [-0.4, -0.2) is 19.1 Å². The Balaban J connectivity index is 1.57. The highest BCUT2D eigenvalue weighted by Crippen LogP contribution is 2.38. The van der Waals surface area contributed by atoms with Crippen molar-refractivity contribution in [1.82, 2.24) is 0 Å². The monoisotopic (exact) mass is 307 g/mol. The van der Waals surface area contributed by atoms with Crippen LogP contribution in [0.2, 0.25) is 0 Å². The van der Waals surface area contributed by atoms with Gasteiger partial charge in [0.05, 0.1) is 12.8 Å². The van der Waals surface area contributed by atoms with E-state index in [1.165, 1.54) is 0 Å². The van der Waals surface area contributed by atoms with Gasteiger partial charge in [-0.15, -0.1) is 0 Å². The number of amides is 1. The summed E-state index contributed by atoms with van der Waals surface area (Å²) in [4.78, 5) is 14.5. The molecule has 2 aromatic carbocycles. The van der Waals surface area contributed by atoms with Gasteiger partial charge in [0, 0.05) is 22.7 Å². The third kappa shape index (κ3) is 1.83. The van der Waals surface area contributed by atoms with Crippen LogP contribution in [0.15, 0.2) is 47.1 Å². The smallest absolute Gasteiger partial charge is 0.259 e. The molecule has 0 unspecified atom stereocenters. The normalized spacial score (nSPS) is 16.0. The molecule has 0 radical (unpaired) electrons. The van der Waals surface area contributed by atoms with E-state index in [0.717, 1.165) is 22.2 Å². The SMILES string of the molecule is O=C1c2cc3c(cc2CN1c1ccc2ccoc2c1)OCCO3. The van der Waals surface area contributed by atoms with Crippen LogP contribution in [0.3, 0.4) is 0 Å². The van der Waals surface area contributed by atoms with Crippen LogP contribution in [-0.2, 0) is 6.54 Å². The number of hydrogen-bond acceptors (Lipinski definition) is 4. The number of furan rings is 1. The molecule has 1 aromatic heterocycles. The topological polar surface area (TPSA) is 51.9 Å². The Kier molecular flexibility index (Phi) is 2.47. The zero-order valence-electron chi connectivity index (χ0n) is 12.2. The Morgan fingerprint density at radius 1 is 0.957 bits per heavy atom. The molecule has 3 heterocycles. The summed E-state index contributed by atoms with van der Waals surface area (Å²) in [7, 11) is 0. The lowest BCUT2D eigenvalue weighted by molar-refractivity contribution is 0.0996. The van der Waals surface area contributed by atoms with Crippen LogP contribution in [0.5, 0.6) is 11.5 Å². The molecule has 114 valence electrons. The van der Waals surface area contributed by atoms with Crippen LogP contribution in [0.25, 0.3) is 11.0 Å². The average Bonchev–Trinajstić information content (AvgIpc) is 3.17. The molecule has 0 spiro atoms. The van der Waals surface area contributed by atoms with E-state index < -0.39 is 0 Å². The Morgan fingerprint density at radius 2 is 1.78 bits per heavy atom. The van der Waals surface area contributed by atoms with Gasteiger partial charge in [-0.1, -0.05) is 0 Å². The van der Waals surface area contributed by atoms with E-state index in [-0.39, 0.29) is 5.91 Å². The molecule has 0 saturated heterocycles. The van der Waals surface area contributed by atoms with Crippen molar-refractivity contribution in [2.24, 2.45) is 0 Å². The molecule has 2 aliphatic rings. The van der Waals surface area contributed by atoms with Gasteiger partial charge in [-0.3, -0.25) is 4.79 Å². The molecule has 1 amide bonds. The average molecular weight is 307 g/mol. The van der Waals surface area contributed by atoms with E-state index in [0.29, 0.717) is 36.8 Å². The summed E-state index contributed by atoms with van der Waals surface area (Å²) < 4.78 is 16.6. The molecule has 0 N–H and O–H groups in total. The minimum absolute atomic E-state index is 0.0251. The molecule has 5 rings (SSSR count). The number of fused-ring (bicyclic) bond motifs is 3. The second-order valence-corrected chi connectivity index (χ2v) is 5.69. The van der Waals surface area contributed by atoms with Crippen molar-refractivity contribution < 1.29 is 18.7 Å². The van der Waals surface area contributed by atoms with Crippen molar-refractivity contribution in [2.45, 2.75) is 6.54 Å². The number of rotatable bonds is 1. The van der Waals surface area contributed by atoms with Crippen molar-refractivity contribution in [3.63, 3.8) is 0 Å². The van der Waals surface area contributed by atoms with Gasteiger partial charge in [-0.05, 0) is 35.9 Å². The Bertz CT molecular complexity index is 943. The highest BCUT2D eigenvalue weighted by Gasteiger charge is 2.31. The predicted molar refractivity (Wildman–Crippen MR) is 84.2 cm³/mol. The van der Waals surface area contributed by atoms with Crippen molar-refractivity contribution in [1.29, 1.82) is 0 Å². The first-order valence-corrected chi connectivity index (χ1v) is 7.51. The Morgan fingerprint density at radius 3 is 2.65 bits per heavy atom. The molecule has 5 nitrogen and oxygen atoms in total. The fourth-order valence-corrected chi connectivity index (χ4v) is 3.17. The quantitative estimate of drug-likeness (QED) is 0.691. The summed E-state index contributed by atoms with van der Waals surface area (Å²) in [5.41, 5.74) is 3.23. The van der Waals surface area contributed by atoms with Crippen molar-refractivity contribution >= 4 is 22.6 Å². The summed E-state index contributed by atoms with van der Waals surface area (Å²) in [6.45, 7) is 1.58. The van der Waals surface area contributed by atoms with Crippen LogP contribution >= 0.6 is 0 Å².